The van der Waals surface area contributed by atoms with E-state index in [1.807, 2.05) is 36.4 Å². The molecule has 0 heterocycles. The van der Waals surface area contributed by atoms with Gasteiger partial charge in [-0.25, -0.2) is 5.01 Å². The van der Waals surface area contributed by atoms with Gasteiger partial charge in [0.05, 0.1) is 11.0 Å². The molecule has 0 saturated heterocycles. The molecule has 3 nitrogen and oxygen atoms in total. The minimum Gasteiger partial charge on any atom is -0.232 e. The SMILES string of the molecule is CN(N=O)c1ccc(/C=C2\C=Cc3ccccc32)cc1. The number of rotatable bonds is 3. The molecule has 3 heteroatoms. The van der Waals surface area contributed by atoms with Gasteiger partial charge in [0.1, 0.15) is 0 Å². The van der Waals surface area contributed by atoms with Gasteiger partial charge in [0.25, 0.3) is 0 Å². The Bertz CT molecular complexity index is 699. The summed E-state index contributed by atoms with van der Waals surface area (Å²) in [7, 11) is 1.64. The topological polar surface area (TPSA) is 32.7 Å². The van der Waals surface area contributed by atoms with E-state index in [9.17, 15) is 4.91 Å². The molecule has 0 atom stereocenters. The second-order valence-electron chi connectivity index (χ2n) is 4.72. The van der Waals surface area contributed by atoms with Crippen molar-refractivity contribution in [3.05, 3.63) is 76.2 Å². The van der Waals surface area contributed by atoms with Crippen molar-refractivity contribution in [2.24, 2.45) is 5.29 Å². The van der Waals surface area contributed by atoms with Crippen LogP contribution >= 0.6 is 0 Å². The quantitative estimate of drug-likeness (QED) is 0.607. The number of allylic oxidation sites excluding steroid dienone is 2. The van der Waals surface area contributed by atoms with Crippen LogP contribution in [0.3, 0.4) is 0 Å². The van der Waals surface area contributed by atoms with Crippen molar-refractivity contribution in [3.63, 3.8) is 0 Å². The first-order valence-electron chi connectivity index (χ1n) is 6.44. The van der Waals surface area contributed by atoms with Crippen LogP contribution in [0.25, 0.3) is 17.7 Å². The average molecular weight is 262 g/mol. The van der Waals surface area contributed by atoms with Crippen LogP contribution in [0.2, 0.25) is 0 Å². The Balaban J connectivity index is 1.90. The zero-order valence-corrected chi connectivity index (χ0v) is 11.2. The van der Waals surface area contributed by atoms with Crippen LogP contribution in [0.1, 0.15) is 16.7 Å². The van der Waals surface area contributed by atoms with Crippen molar-refractivity contribution >= 4 is 23.4 Å². The highest BCUT2D eigenvalue weighted by Gasteiger charge is 2.09. The molecule has 0 amide bonds. The lowest BCUT2D eigenvalue weighted by atomic mass is 10.0. The average Bonchev–Trinajstić information content (AvgIpc) is 2.91. The minimum absolute atomic E-state index is 0.782. The largest absolute Gasteiger partial charge is 0.232 e. The Labute approximate surface area is 117 Å². The minimum atomic E-state index is 0.782. The van der Waals surface area contributed by atoms with Crippen LogP contribution in [0, 0.1) is 4.91 Å². The van der Waals surface area contributed by atoms with Crippen molar-refractivity contribution < 1.29 is 0 Å². The Morgan fingerprint density at radius 2 is 1.75 bits per heavy atom. The second kappa shape index (κ2) is 5.13. The number of nitrogens with zero attached hydrogens (tertiary/aromatic N) is 2. The summed E-state index contributed by atoms with van der Waals surface area (Å²) in [4.78, 5) is 10.5. The molecule has 0 bridgehead atoms. The first kappa shape index (κ1) is 12.4. The van der Waals surface area contributed by atoms with E-state index < -0.39 is 0 Å². The molecule has 0 saturated carbocycles. The van der Waals surface area contributed by atoms with Crippen molar-refractivity contribution in [1.29, 1.82) is 0 Å². The molecule has 0 N–H and O–H groups in total. The van der Waals surface area contributed by atoms with Gasteiger partial charge in [-0.05, 0) is 40.5 Å². The van der Waals surface area contributed by atoms with Crippen LogP contribution in [-0.2, 0) is 0 Å². The maximum Gasteiger partial charge on any atom is 0.0623 e. The van der Waals surface area contributed by atoms with Gasteiger partial charge >= 0.3 is 0 Å². The summed E-state index contributed by atoms with van der Waals surface area (Å²) < 4.78 is 0. The Hall–Kier alpha value is -2.68. The molecule has 0 aliphatic heterocycles. The number of fused-ring (bicyclic) bond motifs is 1. The molecular weight excluding hydrogens is 248 g/mol. The first-order chi connectivity index (χ1) is 9.78. The first-order valence-corrected chi connectivity index (χ1v) is 6.44. The molecule has 0 spiro atoms. The van der Waals surface area contributed by atoms with E-state index in [0.29, 0.717) is 0 Å². The number of anilines is 1. The van der Waals surface area contributed by atoms with Crippen molar-refractivity contribution in [2.75, 3.05) is 12.1 Å². The third kappa shape index (κ3) is 2.26. The molecule has 2 aromatic carbocycles. The van der Waals surface area contributed by atoms with Gasteiger partial charge in [-0.1, -0.05) is 48.6 Å². The molecular formula is C17H14N2O. The van der Waals surface area contributed by atoms with E-state index in [1.165, 1.54) is 21.7 Å². The number of hydrogen-bond donors (Lipinski definition) is 0. The fourth-order valence-electron chi connectivity index (χ4n) is 2.31. The van der Waals surface area contributed by atoms with Crippen LogP contribution in [0.5, 0.6) is 0 Å². The molecule has 1 aliphatic rings. The van der Waals surface area contributed by atoms with Gasteiger partial charge in [-0.15, -0.1) is 4.91 Å². The van der Waals surface area contributed by atoms with E-state index in [2.05, 4.69) is 35.6 Å². The van der Waals surface area contributed by atoms with Gasteiger partial charge in [-0.2, -0.15) is 0 Å². The Morgan fingerprint density at radius 1 is 1.00 bits per heavy atom. The summed E-state index contributed by atoms with van der Waals surface area (Å²) in [6.07, 6.45) is 6.39. The van der Waals surface area contributed by atoms with Gasteiger partial charge in [0, 0.05) is 7.05 Å². The third-order valence-electron chi connectivity index (χ3n) is 3.43. The van der Waals surface area contributed by atoms with Crippen LogP contribution in [-0.4, -0.2) is 7.05 Å². The van der Waals surface area contributed by atoms with Gasteiger partial charge in [-0.3, -0.25) is 0 Å². The van der Waals surface area contributed by atoms with Gasteiger partial charge in [0.2, 0.25) is 0 Å². The monoisotopic (exact) mass is 262 g/mol. The highest BCUT2D eigenvalue weighted by atomic mass is 16.3. The van der Waals surface area contributed by atoms with Crippen molar-refractivity contribution in [2.45, 2.75) is 0 Å². The smallest absolute Gasteiger partial charge is 0.0623 e. The summed E-state index contributed by atoms with van der Waals surface area (Å²) in [5, 5.41) is 4.19. The molecule has 0 unspecified atom stereocenters. The lowest BCUT2D eigenvalue weighted by molar-refractivity contribution is 1.00. The summed E-state index contributed by atoms with van der Waals surface area (Å²) in [5.74, 6) is 0. The zero-order chi connectivity index (χ0) is 13.9. The molecule has 0 fully saturated rings. The summed E-state index contributed by atoms with van der Waals surface area (Å²) >= 11 is 0. The molecule has 0 radical (unpaired) electrons. The van der Waals surface area contributed by atoms with Crippen LogP contribution in [0.15, 0.2) is 59.9 Å². The summed E-state index contributed by atoms with van der Waals surface area (Å²) in [6.45, 7) is 0. The predicted molar refractivity (Wildman–Crippen MR) is 84.0 cm³/mol. The van der Waals surface area contributed by atoms with E-state index in [0.717, 1.165) is 11.3 Å². The number of nitroso groups, excluding NO2 is 1. The molecule has 0 aromatic heterocycles. The maximum atomic E-state index is 10.5. The van der Waals surface area contributed by atoms with Crippen LogP contribution in [0.4, 0.5) is 5.69 Å². The lowest BCUT2D eigenvalue weighted by Gasteiger charge is -2.08. The van der Waals surface area contributed by atoms with Gasteiger partial charge < -0.3 is 0 Å². The number of benzene rings is 2. The third-order valence-corrected chi connectivity index (χ3v) is 3.43. The fourth-order valence-corrected chi connectivity index (χ4v) is 2.31. The highest BCUT2D eigenvalue weighted by molar-refractivity contribution is 5.97. The fraction of sp³-hybridized carbons (Fsp3) is 0.0588. The zero-order valence-electron chi connectivity index (χ0n) is 11.2. The normalized spacial score (nSPS) is 14.3. The van der Waals surface area contributed by atoms with E-state index in [1.54, 1.807) is 7.05 Å². The van der Waals surface area contributed by atoms with Crippen molar-refractivity contribution in [3.8, 4) is 0 Å². The van der Waals surface area contributed by atoms with E-state index in [-0.39, 0.29) is 0 Å². The Morgan fingerprint density at radius 3 is 2.50 bits per heavy atom. The molecule has 1 aliphatic carbocycles. The van der Waals surface area contributed by atoms with E-state index >= 15 is 0 Å². The molecule has 3 rings (SSSR count). The van der Waals surface area contributed by atoms with E-state index in [4.69, 9.17) is 0 Å². The molecule has 2 aromatic rings. The van der Waals surface area contributed by atoms with Gasteiger partial charge in [0.15, 0.2) is 0 Å². The lowest BCUT2D eigenvalue weighted by Crippen LogP contribution is -2.06. The van der Waals surface area contributed by atoms with Crippen molar-refractivity contribution in [1.82, 2.24) is 0 Å². The maximum absolute atomic E-state index is 10.5. The number of hydrogen-bond acceptors (Lipinski definition) is 2. The predicted octanol–water partition coefficient (Wildman–Crippen LogP) is 4.37. The highest BCUT2D eigenvalue weighted by Crippen LogP contribution is 2.30. The second-order valence-corrected chi connectivity index (χ2v) is 4.72. The van der Waals surface area contributed by atoms with Crippen LogP contribution < -0.4 is 5.01 Å². The molecule has 20 heavy (non-hydrogen) atoms. The standard InChI is InChI=1S/C17H14N2O/c1-19(18-20)16-10-6-13(7-11-16)12-15-9-8-14-4-2-3-5-17(14)15/h2-12H,1H3/b15-12+. The Kier molecular flexibility index (Phi) is 3.17. The summed E-state index contributed by atoms with van der Waals surface area (Å²) in [6, 6.07) is 16.1. The summed E-state index contributed by atoms with van der Waals surface area (Å²) in [5.41, 5.74) is 5.59. The molecule has 98 valence electrons.